The summed E-state index contributed by atoms with van der Waals surface area (Å²) in [5.41, 5.74) is 3.35. The van der Waals surface area contributed by atoms with E-state index in [1.165, 1.54) is 16.5 Å². The van der Waals surface area contributed by atoms with E-state index in [0.29, 0.717) is 11.8 Å². The van der Waals surface area contributed by atoms with Gasteiger partial charge in [-0.2, -0.15) is 0 Å². The van der Waals surface area contributed by atoms with Crippen LogP contribution in [0.15, 0.2) is 41.1 Å². The van der Waals surface area contributed by atoms with Crippen LogP contribution in [-0.2, 0) is 4.79 Å². The summed E-state index contributed by atoms with van der Waals surface area (Å²) in [6.07, 6.45) is 4.26. The summed E-state index contributed by atoms with van der Waals surface area (Å²) < 4.78 is 5.08. The zero-order valence-electron chi connectivity index (χ0n) is 15.2. The Balaban J connectivity index is 1.37. The first kappa shape index (κ1) is 16.8. The van der Waals surface area contributed by atoms with Gasteiger partial charge in [0, 0.05) is 23.2 Å². The Morgan fingerprint density at radius 3 is 2.85 bits per heavy atom. The highest BCUT2D eigenvalue weighted by atomic mass is 16.5. The first-order chi connectivity index (χ1) is 12.6. The van der Waals surface area contributed by atoms with Gasteiger partial charge in [0.15, 0.2) is 0 Å². The molecule has 3 heterocycles. The molecule has 0 spiro atoms. The Morgan fingerprint density at radius 2 is 2.12 bits per heavy atom. The molecule has 6 nitrogen and oxygen atoms in total. The molecule has 0 aliphatic carbocycles. The topological polar surface area (TPSA) is 74.2 Å². The predicted molar refractivity (Wildman–Crippen MR) is 101 cm³/mol. The van der Waals surface area contributed by atoms with Crippen LogP contribution in [0, 0.1) is 6.92 Å². The van der Waals surface area contributed by atoms with Crippen LogP contribution >= 0.6 is 0 Å². The number of anilines is 1. The number of hydrogen-bond acceptors (Lipinski definition) is 4. The van der Waals surface area contributed by atoms with Crippen molar-refractivity contribution in [1.29, 1.82) is 0 Å². The van der Waals surface area contributed by atoms with Crippen LogP contribution in [0.1, 0.15) is 36.9 Å². The second-order valence-corrected chi connectivity index (χ2v) is 7.10. The van der Waals surface area contributed by atoms with E-state index in [1.54, 1.807) is 6.07 Å². The van der Waals surface area contributed by atoms with Crippen LogP contribution in [-0.4, -0.2) is 40.1 Å². The van der Waals surface area contributed by atoms with E-state index >= 15 is 0 Å². The molecule has 136 valence electrons. The Hall–Kier alpha value is -2.60. The lowest BCUT2D eigenvalue weighted by atomic mass is 9.88. The van der Waals surface area contributed by atoms with Crippen molar-refractivity contribution in [2.45, 2.75) is 38.6 Å². The number of likely N-dealkylation sites (tertiary alicyclic amines) is 1. The SMILES string of the molecule is Cc1cc(NC(=O)[C@H](C)N2CCC(c3c[nH]c4ccccc34)CC2)on1. The average molecular weight is 352 g/mol. The van der Waals surface area contributed by atoms with Gasteiger partial charge >= 0.3 is 0 Å². The minimum Gasteiger partial charge on any atom is -0.361 e. The molecule has 1 saturated heterocycles. The highest BCUT2D eigenvalue weighted by Crippen LogP contribution is 2.33. The van der Waals surface area contributed by atoms with Crippen molar-refractivity contribution in [3.8, 4) is 0 Å². The van der Waals surface area contributed by atoms with E-state index in [0.717, 1.165) is 31.6 Å². The third-order valence-corrected chi connectivity index (χ3v) is 5.39. The number of amides is 1. The maximum atomic E-state index is 12.5. The van der Waals surface area contributed by atoms with Gasteiger partial charge in [0.2, 0.25) is 11.8 Å². The quantitative estimate of drug-likeness (QED) is 0.751. The number of aromatic nitrogens is 2. The fourth-order valence-electron chi connectivity index (χ4n) is 3.84. The van der Waals surface area contributed by atoms with Crippen LogP contribution in [0.25, 0.3) is 10.9 Å². The number of aryl methyl sites for hydroxylation is 1. The summed E-state index contributed by atoms with van der Waals surface area (Å²) >= 11 is 0. The van der Waals surface area contributed by atoms with E-state index in [2.05, 4.69) is 50.8 Å². The number of rotatable bonds is 4. The number of H-pyrrole nitrogens is 1. The Bertz CT molecular complexity index is 905. The molecule has 2 aromatic heterocycles. The predicted octanol–water partition coefficient (Wildman–Crippen LogP) is 3.67. The molecular weight excluding hydrogens is 328 g/mol. The summed E-state index contributed by atoms with van der Waals surface area (Å²) in [5.74, 6) is 0.898. The first-order valence-corrected chi connectivity index (χ1v) is 9.16. The molecule has 0 saturated carbocycles. The zero-order valence-corrected chi connectivity index (χ0v) is 15.2. The van der Waals surface area contributed by atoms with E-state index in [1.807, 2.05) is 13.8 Å². The minimum absolute atomic E-state index is 0.0494. The molecule has 6 heteroatoms. The van der Waals surface area contributed by atoms with Crippen molar-refractivity contribution in [2.75, 3.05) is 18.4 Å². The molecule has 1 atom stereocenters. The maximum absolute atomic E-state index is 12.5. The Labute approximate surface area is 152 Å². The van der Waals surface area contributed by atoms with Gasteiger partial charge in [-0.1, -0.05) is 23.4 Å². The van der Waals surface area contributed by atoms with Crippen LogP contribution in [0.5, 0.6) is 0 Å². The molecule has 3 aromatic rings. The van der Waals surface area contributed by atoms with E-state index < -0.39 is 0 Å². The van der Waals surface area contributed by atoms with Crippen LogP contribution in [0.2, 0.25) is 0 Å². The third kappa shape index (κ3) is 3.24. The number of piperidine rings is 1. The van der Waals surface area contributed by atoms with Crippen LogP contribution in [0.4, 0.5) is 5.88 Å². The smallest absolute Gasteiger partial charge is 0.243 e. The normalized spacial score (nSPS) is 17.5. The molecule has 1 aromatic carbocycles. The fourth-order valence-corrected chi connectivity index (χ4v) is 3.84. The lowest BCUT2D eigenvalue weighted by Crippen LogP contribution is -2.45. The molecular formula is C20H24N4O2. The number of nitrogens with one attached hydrogen (secondary N) is 2. The zero-order chi connectivity index (χ0) is 18.1. The van der Waals surface area contributed by atoms with Crippen molar-refractivity contribution in [1.82, 2.24) is 15.0 Å². The molecule has 0 unspecified atom stereocenters. The molecule has 1 fully saturated rings. The molecule has 1 amide bonds. The number of hydrogen-bond donors (Lipinski definition) is 2. The molecule has 2 N–H and O–H groups in total. The van der Waals surface area contributed by atoms with Crippen molar-refractivity contribution in [3.63, 3.8) is 0 Å². The average Bonchev–Trinajstić information content (AvgIpc) is 3.27. The van der Waals surface area contributed by atoms with E-state index in [9.17, 15) is 4.79 Å². The van der Waals surface area contributed by atoms with Gasteiger partial charge in [0.05, 0.1) is 11.7 Å². The number of aromatic amines is 1. The number of carbonyl (C=O) groups excluding carboxylic acids is 1. The Kier molecular flexibility index (Phi) is 4.51. The van der Waals surface area contributed by atoms with Crippen LogP contribution < -0.4 is 5.32 Å². The highest BCUT2D eigenvalue weighted by molar-refractivity contribution is 5.93. The van der Waals surface area contributed by atoms with Crippen molar-refractivity contribution in [2.24, 2.45) is 0 Å². The second-order valence-electron chi connectivity index (χ2n) is 7.10. The van der Waals surface area contributed by atoms with Gasteiger partial charge in [0.1, 0.15) is 0 Å². The molecule has 26 heavy (non-hydrogen) atoms. The molecule has 4 rings (SSSR count). The number of para-hydroxylation sites is 1. The van der Waals surface area contributed by atoms with Crippen LogP contribution in [0.3, 0.4) is 0 Å². The van der Waals surface area contributed by atoms with E-state index in [4.69, 9.17) is 4.52 Å². The Morgan fingerprint density at radius 1 is 1.35 bits per heavy atom. The molecule has 1 aliphatic rings. The fraction of sp³-hybridized carbons (Fsp3) is 0.400. The van der Waals surface area contributed by atoms with Crippen molar-refractivity contribution >= 4 is 22.7 Å². The van der Waals surface area contributed by atoms with Gasteiger partial charge in [-0.15, -0.1) is 0 Å². The van der Waals surface area contributed by atoms with Gasteiger partial charge in [-0.25, -0.2) is 0 Å². The van der Waals surface area contributed by atoms with Gasteiger partial charge < -0.3 is 9.51 Å². The summed E-state index contributed by atoms with van der Waals surface area (Å²) in [7, 11) is 0. The standard InChI is InChI=1S/C20H24N4O2/c1-13-11-19(26-23-13)22-20(25)14(2)24-9-7-15(8-10-24)17-12-21-18-6-4-3-5-16(17)18/h3-6,11-12,14-15,21H,7-10H2,1-2H3,(H,22,25)/t14-/m0/s1. The number of benzene rings is 1. The van der Waals surface area contributed by atoms with Gasteiger partial charge in [-0.05, 0) is 57.3 Å². The lowest BCUT2D eigenvalue weighted by Gasteiger charge is -2.35. The van der Waals surface area contributed by atoms with E-state index in [-0.39, 0.29) is 11.9 Å². The number of fused-ring (bicyclic) bond motifs is 1. The third-order valence-electron chi connectivity index (χ3n) is 5.39. The highest BCUT2D eigenvalue weighted by Gasteiger charge is 2.28. The van der Waals surface area contributed by atoms with Gasteiger partial charge in [-0.3, -0.25) is 15.0 Å². The summed E-state index contributed by atoms with van der Waals surface area (Å²) in [6.45, 7) is 5.60. The van der Waals surface area contributed by atoms with Crippen molar-refractivity contribution in [3.05, 3.63) is 47.8 Å². The minimum atomic E-state index is -0.190. The number of nitrogens with zero attached hydrogens (tertiary/aromatic N) is 2. The first-order valence-electron chi connectivity index (χ1n) is 9.16. The second kappa shape index (κ2) is 6.96. The summed E-state index contributed by atoms with van der Waals surface area (Å²) in [5, 5.41) is 7.92. The molecule has 1 aliphatic heterocycles. The molecule has 0 radical (unpaired) electrons. The lowest BCUT2D eigenvalue weighted by molar-refractivity contribution is -0.121. The van der Waals surface area contributed by atoms with Crippen molar-refractivity contribution < 1.29 is 9.32 Å². The molecule has 0 bridgehead atoms. The monoisotopic (exact) mass is 352 g/mol. The number of carbonyl (C=O) groups is 1. The van der Waals surface area contributed by atoms with Gasteiger partial charge in [0.25, 0.3) is 0 Å². The summed E-state index contributed by atoms with van der Waals surface area (Å²) in [4.78, 5) is 18.1. The largest absolute Gasteiger partial charge is 0.361 e. The summed E-state index contributed by atoms with van der Waals surface area (Å²) in [6, 6.07) is 9.99. The maximum Gasteiger partial charge on any atom is 0.243 e.